The van der Waals surface area contributed by atoms with Gasteiger partial charge in [0.05, 0.1) is 8.07 Å². The molecule has 0 bridgehead atoms. The molecule has 17 heavy (non-hydrogen) atoms. The van der Waals surface area contributed by atoms with Crippen LogP contribution in [-0.2, 0) is 6.42 Å². The Morgan fingerprint density at radius 2 is 1.53 bits per heavy atom. The summed E-state index contributed by atoms with van der Waals surface area (Å²) in [4.78, 5) is 0. The lowest BCUT2D eigenvalue weighted by Gasteiger charge is -2.23. The zero-order chi connectivity index (χ0) is 12.6. The van der Waals surface area contributed by atoms with E-state index in [2.05, 4.69) is 62.9 Å². The Hall–Kier alpha value is -0.823. The van der Waals surface area contributed by atoms with Gasteiger partial charge >= 0.3 is 0 Å². The summed E-state index contributed by atoms with van der Waals surface area (Å²) in [6.07, 6.45) is 4.81. The second kappa shape index (κ2) is 7.49. The van der Waals surface area contributed by atoms with Gasteiger partial charge in [-0.1, -0.05) is 81.0 Å². The Morgan fingerprint density at radius 3 is 2.06 bits per heavy atom. The second-order valence-corrected chi connectivity index (χ2v) is 10.0. The molecule has 1 aromatic carbocycles. The fraction of sp³-hybridized carbons (Fsp3) is 0.500. The molecule has 0 aliphatic carbocycles. The summed E-state index contributed by atoms with van der Waals surface area (Å²) in [5.74, 6) is 0. The van der Waals surface area contributed by atoms with Crippen LogP contribution < -0.4 is 0 Å². The molecule has 94 valence electrons. The Balaban J connectivity index is 2.44. The van der Waals surface area contributed by atoms with E-state index >= 15 is 0 Å². The van der Waals surface area contributed by atoms with Crippen molar-refractivity contribution < 1.29 is 0 Å². The van der Waals surface area contributed by atoms with Crippen LogP contribution in [0.3, 0.4) is 0 Å². The first kappa shape index (κ1) is 14.2. The van der Waals surface area contributed by atoms with Crippen LogP contribution in [0.4, 0.5) is 0 Å². The van der Waals surface area contributed by atoms with Crippen molar-refractivity contribution in [3.8, 4) is 0 Å². The van der Waals surface area contributed by atoms with Gasteiger partial charge in [-0.25, -0.2) is 0 Å². The molecule has 1 heteroatoms. The lowest BCUT2D eigenvalue weighted by atomic mass is 10.1. The van der Waals surface area contributed by atoms with Crippen molar-refractivity contribution in [2.24, 2.45) is 0 Å². The highest BCUT2D eigenvalue weighted by atomic mass is 28.3. The maximum Gasteiger partial charge on any atom is 0.0766 e. The van der Waals surface area contributed by atoms with Crippen LogP contribution in [0, 0.1) is 0 Å². The maximum atomic E-state index is 2.59. The number of aryl methyl sites for hydroxylation is 1. The zero-order valence-corrected chi connectivity index (χ0v) is 12.6. The SMILES string of the molecule is CC[Si](/C=C/CCc1ccccc1)(CC)CC. The third-order valence-electron chi connectivity index (χ3n) is 4.03. The number of hydrogen-bond acceptors (Lipinski definition) is 0. The van der Waals surface area contributed by atoms with Gasteiger partial charge in [-0.2, -0.15) is 0 Å². The predicted octanol–water partition coefficient (Wildman–Crippen LogP) is 5.22. The fourth-order valence-electron chi connectivity index (χ4n) is 2.33. The Kier molecular flexibility index (Phi) is 6.28. The lowest BCUT2D eigenvalue weighted by Crippen LogP contribution is -2.28. The Labute approximate surface area is 108 Å². The molecule has 0 spiro atoms. The molecule has 0 nitrogen and oxygen atoms in total. The summed E-state index contributed by atoms with van der Waals surface area (Å²) >= 11 is 0. The molecule has 0 aliphatic heterocycles. The standard InChI is InChI=1S/C16H26Si/c1-4-17(5-2,6-3)15-11-10-14-16-12-8-7-9-13-16/h7-9,11-13,15H,4-6,10,14H2,1-3H3/b15-11+. The van der Waals surface area contributed by atoms with Gasteiger partial charge in [-0.05, 0) is 18.4 Å². The van der Waals surface area contributed by atoms with Crippen LogP contribution in [0.5, 0.6) is 0 Å². The van der Waals surface area contributed by atoms with E-state index in [0.29, 0.717) is 0 Å². The van der Waals surface area contributed by atoms with E-state index < -0.39 is 8.07 Å². The third kappa shape index (κ3) is 4.51. The summed E-state index contributed by atoms with van der Waals surface area (Å²) < 4.78 is 0. The normalized spacial score (nSPS) is 12.2. The van der Waals surface area contributed by atoms with Gasteiger partial charge in [-0.3, -0.25) is 0 Å². The van der Waals surface area contributed by atoms with Gasteiger partial charge in [0.15, 0.2) is 0 Å². The van der Waals surface area contributed by atoms with Gasteiger partial charge in [0.25, 0.3) is 0 Å². The summed E-state index contributed by atoms with van der Waals surface area (Å²) in [5.41, 5.74) is 4.05. The fourth-order valence-corrected chi connectivity index (χ4v) is 5.21. The topological polar surface area (TPSA) is 0 Å². The van der Waals surface area contributed by atoms with Crippen molar-refractivity contribution in [3.63, 3.8) is 0 Å². The highest BCUT2D eigenvalue weighted by molar-refractivity contribution is 6.84. The number of hydrogen-bond donors (Lipinski definition) is 0. The molecule has 0 aromatic heterocycles. The largest absolute Gasteiger partial charge is 0.0981 e. The third-order valence-corrected chi connectivity index (χ3v) is 9.19. The first-order chi connectivity index (χ1) is 8.26. The van der Waals surface area contributed by atoms with Crippen molar-refractivity contribution in [1.82, 2.24) is 0 Å². The Morgan fingerprint density at radius 1 is 0.941 bits per heavy atom. The van der Waals surface area contributed by atoms with Crippen molar-refractivity contribution in [1.29, 1.82) is 0 Å². The van der Waals surface area contributed by atoms with Crippen molar-refractivity contribution in [3.05, 3.63) is 47.7 Å². The minimum Gasteiger partial charge on any atom is -0.0981 e. The summed E-state index contributed by atoms with van der Waals surface area (Å²) in [6, 6.07) is 15.0. The van der Waals surface area contributed by atoms with E-state index in [1.54, 1.807) is 0 Å². The molecule has 0 saturated heterocycles. The van der Waals surface area contributed by atoms with Gasteiger partial charge < -0.3 is 0 Å². The summed E-state index contributed by atoms with van der Waals surface area (Å²) in [6.45, 7) is 7.09. The maximum absolute atomic E-state index is 2.59. The number of benzene rings is 1. The van der Waals surface area contributed by atoms with Crippen LogP contribution in [0.1, 0.15) is 32.8 Å². The first-order valence-corrected chi connectivity index (χ1v) is 9.68. The minimum atomic E-state index is -1.04. The molecule has 0 N–H and O–H groups in total. The molecular weight excluding hydrogens is 220 g/mol. The first-order valence-electron chi connectivity index (χ1n) is 6.98. The van der Waals surface area contributed by atoms with Crippen LogP contribution in [0.15, 0.2) is 42.1 Å². The highest BCUT2D eigenvalue weighted by Crippen LogP contribution is 2.21. The predicted molar refractivity (Wildman–Crippen MR) is 81.1 cm³/mol. The van der Waals surface area contributed by atoms with Crippen LogP contribution in [-0.4, -0.2) is 8.07 Å². The average Bonchev–Trinajstić information content (AvgIpc) is 2.41. The second-order valence-electron chi connectivity index (χ2n) is 4.85. The van der Waals surface area contributed by atoms with Crippen LogP contribution in [0.2, 0.25) is 18.1 Å². The molecule has 0 aliphatic rings. The van der Waals surface area contributed by atoms with Gasteiger partial charge in [0.1, 0.15) is 0 Å². The van der Waals surface area contributed by atoms with E-state index in [4.69, 9.17) is 0 Å². The molecular formula is C16H26Si. The van der Waals surface area contributed by atoms with Gasteiger partial charge in [0.2, 0.25) is 0 Å². The van der Waals surface area contributed by atoms with E-state index in [-0.39, 0.29) is 0 Å². The van der Waals surface area contributed by atoms with Gasteiger partial charge in [0, 0.05) is 0 Å². The number of rotatable bonds is 7. The Bertz CT molecular complexity index is 314. The quantitative estimate of drug-likeness (QED) is 0.578. The minimum absolute atomic E-state index is 1.04. The molecule has 0 saturated carbocycles. The molecule has 0 heterocycles. The average molecular weight is 246 g/mol. The van der Waals surface area contributed by atoms with E-state index in [1.807, 2.05) is 0 Å². The molecule has 0 fully saturated rings. The van der Waals surface area contributed by atoms with E-state index in [9.17, 15) is 0 Å². The molecule has 0 unspecified atom stereocenters. The van der Waals surface area contributed by atoms with Crippen LogP contribution >= 0.6 is 0 Å². The van der Waals surface area contributed by atoms with E-state index in [1.165, 1.54) is 36.5 Å². The molecule has 1 rings (SSSR count). The van der Waals surface area contributed by atoms with Crippen molar-refractivity contribution in [2.45, 2.75) is 51.7 Å². The van der Waals surface area contributed by atoms with Crippen molar-refractivity contribution in [2.75, 3.05) is 0 Å². The van der Waals surface area contributed by atoms with E-state index in [0.717, 1.165) is 0 Å². The zero-order valence-electron chi connectivity index (χ0n) is 11.6. The molecule has 0 radical (unpaired) electrons. The van der Waals surface area contributed by atoms with Crippen LogP contribution in [0.25, 0.3) is 0 Å². The summed E-state index contributed by atoms with van der Waals surface area (Å²) in [7, 11) is -1.04. The smallest absolute Gasteiger partial charge is 0.0766 e. The molecule has 0 atom stereocenters. The monoisotopic (exact) mass is 246 g/mol. The molecule has 1 aromatic rings. The highest BCUT2D eigenvalue weighted by Gasteiger charge is 2.22. The summed E-state index contributed by atoms with van der Waals surface area (Å²) in [5, 5.41) is 0. The number of allylic oxidation sites excluding steroid dienone is 1. The van der Waals surface area contributed by atoms with Gasteiger partial charge in [-0.15, -0.1) is 0 Å². The molecule has 0 amide bonds. The lowest BCUT2D eigenvalue weighted by molar-refractivity contribution is 1.00. The van der Waals surface area contributed by atoms with Crippen molar-refractivity contribution >= 4 is 8.07 Å².